The predicted octanol–water partition coefficient (Wildman–Crippen LogP) is 2.97. The lowest BCUT2D eigenvalue weighted by molar-refractivity contribution is 0.0696. The van der Waals surface area contributed by atoms with E-state index in [2.05, 4.69) is 5.32 Å². The van der Waals surface area contributed by atoms with Gasteiger partial charge in [-0.15, -0.1) is 0 Å². The molecule has 2 aromatic rings. The number of amides is 1. The van der Waals surface area contributed by atoms with Crippen LogP contribution in [0.4, 0.5) is 0 Å². The summed E-state index contributed by atoms with van der Waals surface area (Å²) in [6, 6.07) is 7.74. The van der Waals surface area contributed by atoms with Crippen molar-refractivity contribution in [1.29, 1.82) is 0 Å². The van der Waals surface area contributed by atoms with Crippen molar-refractivity contribution < 1.29 is 23.8 Å². The van der Waals surface area contributed by atoms with Crippen molar-refractivity contribution in [2.24, 2.45) is 0 Å². The average molecular weight is 331 g/mol. The number of nitrogens with one attached hydrogen (secondary N) is 1. The minimum Gasteiger partial charge on any atom is -0.478 e. The molecule has 2 N–H and O–H groups in total. The molecule has 0 aliphatic rings. The molecule has 6 nitrogen and oxygen atoms in total. The molecule has 128 valence electrons. The van der Waals surface area contributed by atoms with Gasteiger partial charge in [-0.2, -0.15) is 0 Å². The molecule has 1 heterocycles. The monoisotopic (exact) mass is 331 g/mol. The molecule has 1 unspecified atom stereocenters. The van der Waals surface area contributed by atoms with E-state index in [9.17, 15) is 9.59 Å². The molecule has 1 atom stereocenters. The van der Waals surface area contributed by atoms with E-state index in [-0.39, 0.29) is 23.6 Å². The fourth-order valence-corrected chi connectivity index (χ4v) is 2.41. The van der Waals surface area contributed by atoms with E-state index in [1.165, 1.54) is 19.2 Å². The van der Waals surface area contributed by atoms with Crippen LogP contribution in [0.3, 0.4) is 0 Å². The fourth-order valence-electron chi connectivity index (χ4n) is 2.41. The van der Waals surface area contributed by atoms with Crippen LogP contribution in [0.5, 0.6) is 0 Å². The third-order valence-corrected chi connectivity index (χ3v) is 3.60. The first-order valence-corrected chi connectivity index (χ1v) is 7.68. The number of methoxy groups -OCH3 is 1. The Bertz CT molecular complexity index is 735. The van der Waals surface area contributed by atoms with Gasteiger partial charge in [0.25, 0.3) is 5.91 Å². The zero-order valence-electron chi connectivity index (χ0n) is 14.0. The zero-order valence-corrected chi connectivity index (χ0v) is 14.0. The van der Waals surface area contributed by atoms with Gasteiger partial charge in [0.15, 0.2) is 0 Å². The van der Waals surface area contributed by atoms with Gasteiger partial charge in [0.2, 0.25) is 0 Å². The first kappa shape index (κ1) is 17.7. The lowest BCUT2D eigenvalue weighted by Crippen LogP contribution is -2.31. The molecule has 0 bridgehead atoms. The van der Waals surface area contributed by atoms with Crippen LogP contribution in [0.15, 0.2) is 34.7 Å². The van der Waals surface area contributed by atoms with Gasteiger partial charge in [-0.05, 0) is 42.8 Å². The van der Waals surface area contributed by atoms with Gasteiger partial charge in [-0.1, -0.05) is 6.92 Å². The van der Waals surface area contributed by atoms with E-state index in [4.69, 9.17) is 14.3 Å². The van der Waals surface area contributed by atoms with Crippen LogP contribution in [0.1, 0.15) is 50.8 Å². The summed E-state index contributed by atoms with van der Waals surface area (Å²) in [6.07, 6.45) is 0.757. The van der Waals surface area contributed by atoms with E-state index in [1.54, 1.807) is 13.0 Å². The second-order valence-electron chi connectivity index (χ2n) is 5.53. The summed E-state index contributed by atoms with van der Waals surface area (Å²) >= 11 is 0. The molecule has 1 aromatic heterocycles. The molecule has 0 spiro atoms. The van der Waals surface area contributed by atoms with Gasteiger partial charge in [0, 0.05) is 19.1 Å². The minimum absolute atomic E-state index is 0.0784. The maximum absolute atomic E-state index is 12.5. The Labute approximate surface area is 140 Å². The summed E-state index contributed by atoms with van der Waals surface area (Å²) in [5.41, 5.74) is 1.07. The van der Waals surface area contributed by atoms with Gasteiger partial charge in [0.1, 0.15) is 17.6 Å². The van der Waals surface area contributed by atoms with E-state index < -0.39 is 12.0 Å². The molecule has 1 aromatic carbocycles. The van der Waals surface area contributed by atoms with E-state index >= 15 is 0 Å². The summed E-state index contributed by atoms with van der Waals surface area (Å²) in [5.74, 6) is -0.0188. The highest BCUT2D eigenvalue weighted by Crippen LogP contribution is 2.19. The lowest BCUT2D eigenvalue weighted by atomic mass is 10.1. The number of carbonyl (C=O) groups is 2. The Morgan fingerprint density at radius 3 is 2.54 bits per heavy atom. The Balaban J connectivity index is 2.23. The number of ether oxygens (including phenoxy) is 1. The largest absolute Gasteiger partial charge is 0.478 e. The Kier molecular flexibility index (Phi) is 5.76. The third kappa shape index (κ3) is 4.23. The topological polar surface area (TPSA) is 88.8 Å². The number of rotatable bonds is 7. The molecule has 0 fully saturated rings. The summed E-state index contributed by atoms with van der Waals surface area (Å²) in [5, 5.41) is 12.0. The van der Waals surface area contributed by atoms with Gasteiger partial charge < -0.3 is 19.6 Å². The molecule has 0 aliphatic heterocycles. The van der Waals surface area contributed by atoms with Crippen LogP contribution in [0, 0.1) is 6.92 Å². The standard InChI is InChI=1S/C18H21NO5/c1-4-14-5-6-16(24-14)15(10-23-3)19-17(20)12-7-11(2)8-13(9-12)18(21)22/h5-9,15H,4,10H2,1-3H3,(H,19,20)(H,21,22). The van der Waals surface area contributed by atoms with Crippen molar-refractivity contribution in [3.05, 3.63) is 58.5 Å². The Hall–Kier alpha value is -2.60. The highest BCUT2D eigenvalue weighted by atomic mass is 16.5. The van der Waals surface area contributed by atoms with Crippen LogP contribution in [-0.4, -0.2) is 30.7 Å². The SMILES string of the molecule is CCc1ccc(C(COC)NC(=O)c2cc(C)cc(C(=O)O)c2)o1. The van der Waals surface area contributed by atoms with Crippen molar-refractivity contribution in [2.45, 2.75) is 26.3 Å². The second kappa shape index (κ2) is 7.79. The number of carboxylic acid groups (broad SMARTS) is 1. The van der Waals surface area contributed by atoms with E-state index in [0.717, 1.165) is 12.2 Å². The lowest BCUT2D eigenvalue weighted by Gasteiger charge is -2.16. The van der Waals surface area contributed by atoms with Crippen molar-refractivity contribution in [3.8, 4) is 0 Å². The predicted molar refractivity (Wildman–Crippen MR) is 88.3 cm³/mol. The number of carbonyl (C=O) groups excluding carboxylic acids is 1. The second-order valence-corrected chi connectivity index (χ2v) is 5.53. The first-order chi connectivity index (χ1) is 11.4. The van der Waals surface area contributed by atoms with Crippen molar-refractivity contribution in [1.82, 2.24) is 5.32 Å². The molecule has 0 radical (unpaired) electrons. The number of aromatic carboxylic acids is 1. The third-order valence-electron chi connectivity index (χ3n) is 3.60. The van der Waals surface area contributed by atoms with Gasteiger partial charge in [-0.25, -0.2) is 4.79 Å². The number of hydrogen-bond acceptors (Lipinski definition) is 4. The van der Waals surface area contributed by atoms with Gasteiger partial charge in [0.05, 0.1) is 12.2 Å². The minimum atomic E-state index is -1.07. The molecular formula is C18H21NO5. The fraction of sp³-hybridized carbons (Fsp3) is 0.333. The summed E-state index contributed by atoms with van der Waals surface area (Å²) in [4.78, 5) is 23.6. The van der Waals surface area contributed by atoms with Crippen molar-refractivity contribution in [2.75, 3.05) is 13.7 Å². The number of hydrogen-bond donors (Lipinski definition) is 2. The van der Waals surface area contributed by atoms with Crippen LogP contribution in [0.2, 0.25) is 0 Å². The maximum atomic E-state index is 12.5. The van der Waals surface area contributed by atoms with Crippen LogP contribution >= 0.6 is 0 Å². The first-order valence-electron chi connectivity index (χ1n) is 7.68. The quantitative estimate of drug-likeness (QED) is 0.814. The van der Waals surface area contributed by atoms with Gasteiger partial charge >= 0.3 is 5.97 Å². The molecule has 0 saturated heterocycles. The molecular weight excluding hydrogens is 310 g/mol. The smallest absolute Gasteiger partial charge is 0.335 e. The summed E-state index contributed by atoms with van der Waals surface area (Å²) in [6.45, 7) is 3.97. The van der Waals surface area contributed by atoms with Crippen LogP contribution < -0.4 is 5.32 Å². The normalized spacial score (nSPS) is 12.0. The van der Waals surface area contributed by atoms with E-state index in [1.807, 2.05) is 19.1 Å². The molecule has 24 heavy (non-hydrogen) atoms. The zero-order chi connectivity index (χ0) is 17.7. The molecule has 1 amide bonds. The van der Waals surface area contributed by atoms with E-state index in [0.29, 0.717) is 11.3 Å². The number of benzene rings is 1. The molecule has 0 aliphatic carbocycles. The summed E-state index contributed by atoms with van der Waals surface area (Å²) < 4.78 is 10.8. The van der Waals surface area contributed by atoms with Gasteiger partial charge in [-0.3, -0.25) is 4.79 Å². The van der Waals surface area contributed by atoms with Crippen molar-refractivity contribution in [3.63, 3.8) is 0 Å². The molecule has 6 heteroatoms. The number of carboxylic acids is 1. The molecule has 2 rings (SSSR count). The maximum Gasteiger partial charge on any atom is 0.335 e. The average Bonchev–Trinajstić information content (AvgIpc) is 3.02. The van der Waals surface area contributed by atoms with Crippen LogP contribution in [-0.2, 0) is 11.2 Å². The molecule has 0 saturated carbocycles. The summed E-state index contributed by atoms with van der Waals surface area (Å²) in [7, 11) is 1.54. The highest BCUT2D eigenvalue weighted by molar-refractivity contribution is 5.98. The Morgan fingerprint density at radius 2 is 1.96 bits per heavy atom. The Morgan fingerprint density at radius 1 is 1.25 bits per heavy atom. The van der Waals surface area contributed by atoms with Crippen molar-refractivity contribution >= 4 is 11.9 Å². The van der Waals surface area contributed by atoms with Crippen LogP contribution in [0.25, 0.3) is 0 Å². The highest BCUT2D eigenvalue weighted by Gasteiger charge is 2.20. The number of aryl methyl sites for hydroxylation is 2. The number of furan rings is 1.